The highest BCUT2D eigenvalue weighted by atomic mass is 19.1. The minimum atomic E-state index is -0.467. The first-order chi connectivity index (χ1) is 9.69. The number of ether oxygens (including phenoxy) is 1. The molecule has 0 saturated carbocycles. The maximum Gasteiger partial charge on any atom is 0.130 e. The fourth-order valence-electron chi connectivity index (χ4n) is 1.83. The fourth-order valence-corrected chi connectivity index (χ4v) is 1.83. The van der Waals surface area contributed by atoms with Crippen LogP contribution in [-0.2, 0) is 13.2 Å². The zero-order valence-corrected chi connectivity index (χ0v) is 11.3. The summed E-state index contributed by atoms with van der Waals surface area (Å²) >= 11 is 0. The van der Waals surface area contributed by atoms with Gasteiger partial charge in [-0.15, -0.1) is 0 Å². The summed E-state index contributed by atoms with van der Waals surface area (Å²) in [6.07, 6.45) is 0. The number of nitrogens with one attached hydrogen (secondary N) is 1. The summed E-state index contributed by atoms with van der Waals surface area (Å²) in [5.41, 5.74) is 1.30. The average Bonchev–Trinajstić information content (AvgIpc) is 2.46. The molecule has 0 aliphatic heterocycles. The Bertz CT molecular complexity index is 572. The topological polar surface area (TPSA) is 21.3 Å². The Balaban J connectivity index is 2.01. The van der Waals surface area contributed by atoms with E-state index in [1.165, 1.54) is 0 Å². The lowest BCUT2D eigenvalue weighted by molar-refractivity contribution is 0.298. The van der Waals surface area contributed by atoms with E-state index in [0.29, 0.717) is 5.75 Å². The molecule has 0 aliphatic carbocycles. The van der Waals surface area contributed by atoms with Crippen molar-refractivity contribution in [3.05, 3.63) is 65.2 Å². The maximum absolute atomic E-state index is 13.5. The molecule has 2 aromatic rings. The van der Waals surface area contributed by atoms with Gasteiger partial charge in [0, 0.05) is 12.1 Å². The molecule has 4 heteroatoms. The van der Waals surface area contributed by atoms with E-state index in [4.69, 9.17) is 4.74 Å². The minimum absolute atomic E-state index is 0.00819. The zero-order chi connectivity index (χ0) is 14.4. The molecule has 0 amide bonds. The van der Waals surface area contributed by atoms with Gasteiger partial charge in [0.2, 0.25) is 0 Å². The molecule has 20 heavy (non-hydrogen) atoms. The predicted octanol–water partition coefficient (Wildman–Crippen LogP) is 3.65. The van der Waals surface area contributed by atoms with E-state index < -0.39 is 11.6 Å². The Morgan fingerprint density at radius 3 is 2.75 bits per heavy atom. The number of halogens is 2. The molecule has 0 aromatic heterocycles. The van der Waals surface area contributed by atoms with Crippen LogP contribution in [0, 0.1) is 11.6 Å². The first kappa shape index (κ1) is 14.5. The predicted molar refractivity (Wildman–Crippen MR) is 74.5 cm³/mol. The molecule has 0 aliphatic rings. The summed E-state index contributed by atoms with van der Waals surface area (Å²) in [5.74, 6) is -0.287. The van der Waals surface area contributed by atoms with Crippen molar-refractivity contribution in [3.8, 4) is 5.75 Å². The molecule has 0 spiro atoms. The first-order valence-electron chi connectivity index (χ1n) is 6.55. The first-order valence-corrected chi connectivity index (χ1v) is 6.55. The second-order valence-corrected chi connectivity index (χ2v) is 4.45. The van der Waals surface area contributed by atoms with Crippen LogP contribution in [0.1, 0.15) is 18.1 Å². The SMILES string of the molecule is CCNCc1cccc(OCc2cc(F)ccc2F)c1. The van der Waals surface area contributed by atoms with Gasteiger partial charge in [-0.25, -0.2) is 8.78 Å². The molecule has 0 atom stereocenters. The molecule has 0 fully saturated rings. The van der Waals surface area contributed by atoms with Gasteiger partial charge in [0.15, 0.2) is 0 Å². The van der Waals surface area contributed by atoms with Gasteiger partial charge in [0.1, 0.15) is 24.0 Å². The summed E-state index contributed by atoms with van der Waals surface area (Å²) in [7, 11) is 0. The monoisotopic (exact) mass is 277 g/mol. The van der Waals surface area contributed by atoms with Crippen LogP contribution in [0.4, 0.5) is 8.78 Å². The Hall–Kier alpha value is -1.94. The van der Waals surface area contributed by atoms with Crippen molar-refractivity contribution in [2.24, 2.45) is 0 Å². The highest BCUT2D eigenvalue weighted by molar-refractivity contribution is 5.29. The lowest BCUT2D eigenvalue weighted by Gasteiger charge is -2.09. The van der Waals surface area contributed by atoms with E-state index in [0.717, 1.165) is 36.9 Å². The quantitative estimate of drug-likeness (QED) is 0.870. The third-order valence-electron chi connectivity index (χ3n) is 2.88. The lowest BCUT2D eigenvalue weighted by Crippen LogP contribution is -2.11. The van der Waals surface area contributed by atoms with Crippen LogP contribution in [0.2, 0.25) is 0 Å². The molecule has 2 rings (SSSR count). The van der Waals surface area contributed by atoms with Crippen molar-refractivity contribution in [1.82, 2.24) is 5.32 Å². The molecule has 0 radical (unpaired) electrons. The zero-order valence-electron chi connectivity index (χ0n) is 11.3. The van der Waals surface area contributed by atoms with Gasteiger partial charge in [-0.2, -0.15) is 0 Å². The third-order valence-corrected chi connectivity index (χ3v) is 2.88. The standard InChI is InChI=1S/C16H17F2NO/c1-2-19-10-12-4-3-5-15(8-12)20-11-13-9-14(17)6-7-16(13)18/h3-9,19H,2,10-11H2,1H3. The van der Waals surface area contributed by atoms with Gasteiger partial charge in [-0.05, 0) is 42.4 Å². The summed E-state index contributed by atoms with van der Waals surface area (Å²) in [5, 5.41) is 3.22. The minimum Gasteiger partial charge on any atom is -0.489 e. The Morgan fingerprint density at radius 1 is 1.10 bits per heavy atom. The number of benzene rings is 2. The van der Waals surface area contributed by atoms with Crippen LogP contribution in [0.15, 0.2) is 42.5 Å². The maximum atomic E-state index is 13.5. The largest absolute Gasteiger partial charge is 0.489 e. The molecular weight excluding hydrogens is 260 g/mol. The van der Waals surface area contributed by atoms with Crippen molar-refractivity contribution in [3.63, 3.8) is 0 Å². The molecule has 0 unspecified atom stereocenters. The summed E-state index contributed by atoms with van der Waals surface area (Å²) in [6.45, 7) is 3.68. The second-order valence-electron chi connectivity index (χ2n) is 4.45. The summed E-state index contributed by atoms with van der Waals surface area (Å²) in [4.78, 5) is 0. The number of rotatable bonds is 6. The van der Waals surface area contributed by atoms with Crippen molar-refractivity contribution in [2.75, 3.05) is 6.54 Å². The summed E-state index contributed by atoms with van der Waals surface area (Å²) < 4.78 is 32.0. The molecule has 1 N–H and O–H groups in total. The van der Waals surface area contributed by atoms with E-state index in [2.05, 4.69) is 5.32 Å². The van der Waals surface area contributed by atoms with Gasteiger partial charge in [-0.1, -0.05) is 19.1 Å². The van der Waals surface area contributed by atoms with E-state index in [9.17, 15) is 8.78 Å². The van der Waals surface area contributed by atoms with Gasteiger partial charge in [0.25, 0.3) is 0 Å². The summed E-state index contributed by atoms with van der Waals surface area (Å²) in [6, 6.07) is 10.9. The van der Waals surface area contributed by atoms with Gasteiger partial charge in [0.05, 0.1) is 0 Å². The highest BCUT2D eigenvalue weighted by Gasteiger charge is 2.05. The second kappa shape index (κ2) is 7.01. The smallest absolute Gasteiger partial charge is 0.130 e. The van der Waals surface area contributed by atoms with E-state index >= 15 is 0 Å². The molecular formula is C16H17F2NO. The number of hydrogen-bond acceptors (Lipinski definition) is 2. The number of hydrogen-bond donors (Lipinski definition) is 1. The van der Waals surface area contributed by atoms with Crippen LogP contribution in [0.25, 0.3) is 0 Å². The van der Waals surface area contributed by atoms with E-state index in [-0.39, 0.29) is 12.2 Å². The van der Waals surface area contributed by atoms with Gasteiger partial charge in [-0.3, -0.25) is 0 Å². The molecule has 0 saturated heterocycles. The molecule has 0 bridgehead atoms. The molecule has 0 heterocycles. The molecule has 2 nitrogen and oxygen atoms in total. The van der Waals surface area contributed by atoms with Crippen LogP contribution >= 0.6 is 0 Å². The molecule has 2 aromatic carbocycles. The van der Waals surface area contributed by atoms with Crippen LogP contribution in [0.3, 0.4) is 0 Å². The van der Waals surface area contributed by atoms with Crippen LogP contribution in [0.5, 0.6) is 5.75 Å². The Labute approximate surface area is 117 Å². The lowest BCUT2D eigenvalue weighted by atomic mass is 10.2. The molecule has 106 valence electrons. The van der Waals surface area contributed by atoms with Crippen molar-refractivity contribution in [1.29, 1.82) is 0 Å². The van der Waals surface area contributed by atoms with E-state index in [1.807, 2.05) is 25.1 Å². The van der Waals surface area contributed by atoms with Gasteiger partial charge < -0.3 is 10.1 Å². The average molecular weight is 277 g/mol. The fraction of sp³-hybridized carbons (Fsp3) is 0.250. The van der Waals surface area contributed by atoms with Gasteiger partial charge >= 0.3 is 0 Å². The van der Waals surface area contributed by atoms with Crippen molar-refractivity contribution in [2.45, 2.75) is 20.1 Å². The van der Waals surface area contributed by atoms with Crippen LogP contribution < -0.4 is 10.1 Å². The van der Waals surface area contributed by atoms with E-state index in [1.54, 1.807) is 6.07 Å². The van der Waals surface area contributed by atoms with Crippen molar-refractivity contribution < 1.29 is 13.5 Å². The Morgan fingerprint density at radius 2 is 1.95 bits per heavy atom. The normalized spacial score (nSPS) is 10.6. The van der Waals surface area contributed by atoms with Crippen LogP contribution in [-0.4, -0.2) is 6.54 Å². The highest BCUT2D eigenvalue weighted by Crippen LogP contribution is 2.17. The van der Waals surface area contributed by atoms with Crippen molar-refractivity contribution >= 4 is 0 Å². The third kappa shape index (κ3) is 4.03. The Kier molecular flexibility index (Phi) is 5.07.